The molecule has 1 aliphatic rings. The lowest BCUT2D eigenvalue weighted by Crippen LogP contribution is -2.59. The Hall–Kier alpha value is -3.78. The topological polar surface area (TPSA) is 86.2 Å². The van der Waals surface area contributed by atoms with Crippen LogP contribution < -0.4 is 4.90 Å². The molecular weight excluding hydrogens is 481 g/mol. The number of benzene rings is 1. The highest BCUT2D eigenvalue weighted by molar-refractivity contribution is 5.88. The predicted molar refractivity (Wildman–Crippen MR) is 132 cm³/mol. The molecule has 1 aliphatic heterocycles. The van der Waals surface area contributed by atoms with E-state index < -0.39 is 23.5 Å². The van der Waals surface area contributed by atoms with Crippen molar-refractivity contribution in [2.75, 3.05) is 18.0 Å². The Labute approximate surface area is 212 Å². The van der Waals surface area contributed by atoms with Crippen LogP contribution in [0, 0.1) is 28.8 Å². The van der Waals surface area contributed by atoms with Gasteiger partial charge in [0.15, 0.2) is 5.82 Å². The van der Waals surface area contributed by atoms with Gasteiger partial charge in [0, 0.05) is 48.9 Å². The second-order valence-electron chi connectivity index (χ2n) is 9.29. The fourth-order valence-corrected chi connectivity index (χ4v) is 5.50. The molecule has 1 unspecified atom stereocenters. The number of piperazine rings is 1. The Balaban J connectivity index is 1.59. The van der Waals surface area contributed by atoms with Crippen molar-refractivity contribution < 1.29 is 13.2 Å². The third-order valence-electron chi connectivity index (χ3n) is 7.31. The van der Waals surface area contributed by atoms with Crippen LogP contribution in [0.4, 0.5) is 19.0 Å². The SMILES string of the molecule is CCC(c1c(F)cc(F)cc1F)N1C[C@H](CC)N(c2nc3nncn3c3ccc(C#N)nc23)C[C@H]1CC. The molecule has 0 amide bonds. The van der Waals surface area contributed by atoms with E-state index in [0.717, 1.165) is 30.5 Å². The molecule has 0 N–H and O–H groups in total. The van der Waals surface area contributed by atoms with Gasteiger partial charge < -0.3 is 4.90 Å². The van der Waals surface area contributed by atoms with Gasteiger partial charge in [0.2, 0.25) is 0 Å². The molecule has 4 heterocycles. The molecule has 1 aromatic carbocycles. The Bertz CT molecular complexity index is 1470. The normalized spacial score (nSPS) is 19.4. The lowest BCUT2D eigenvalue weighted by atomic mass is 9.94. The van der Waals surface area contributed by atoms with Gasteiger partial charge in [-0.25, -0.2) is 18.2 Å². The van der Waals surface area contributed by atoms with Crippen LogP contribution >= 0.6 is 0 Å². The van der Waals surface area contributed by atoms with Crippen molar-refractivity contribution in [3.8, 4) is 6.07 Å². The second-order valence-corrected chi connectivity index (χ2v) is 9.29. The number of nitriles is 1. The summed E-state index contributed by atoms with van der Waals surface area (Å²) in [6, 6.07) is 6.37. The highest BCUT2D eigenvalue weighted by Gasteiger charge is 2.39. The van der Waals surface area contributed by atoms with Crippen molar-refractivity contribution in [1.29, 1.82) is 5.26 Å². The van der Waals surface area contributed by atoms with E-state index in [0.29, 0.717) is 36.6 Å². The molecule has 5 rings (SSSR count). The van der Waals surface area contributed by atoms with Crippen LogP contribution in [0.25, 0.3) is 16.8 Å². The second kappa shape index (κ2) is 9.94. The molecule has 0 spiro atoms. The molecule has 4 aromatic rings. The average Bonchev–Trinajstić information content (AvgIpc) is 3.38. The third-order valence-corrected chi connectivity index (χ3v) is 7.31. The molecule has 3 aromatic heterocycles. The first kappa shape index (κ1) is 24.9. The summed E-state index contributed by atoms with van der Waals surface area (Å²) in [6.07, 6.45) is 3.48. The molecule has 0 bridgehead atoms. The number of halogens is 3. The molecule has 0 aliphatic carbocycles. The van der Waals surface area contributed by atoms with E-state index in [2.05, 4.69) is 31.1 Å². The maximum absolute atomic E-state index is 14.8. The minimum Gasteiger partial charge on any atom is -0.349 e. The van der Waals surface area contributed by atoms with Crippen LogP contribution in [0.1, 0.15) is 57.3 Å². The van der Waals surface area contributed by atoms with Gasteiger partial charge in [-0.1, -0.05) is 20.8 Å². The van der Waals surface area contributed by atoms with E-state index in [1.54, 1.807) is 16.8 Å². The van der Waals surface area contributed by atoms with Gasteiger partial charge in [-0.2, -0.15) is 10.2 Å². The molecule has 8 nitrogen and oxygen atoms in total. The van der Waals surface area contributed by atoms with Crippen molar-refractivity contribution in [3.63, 3.8) is 0 Å². The van der Waals surface area contributed by atoms with Crippen LogP contribution in [0.2, 0.25) is 0 Å². The summed E-state index contributed by atoms with van der Waals surface area (Å²) < 4.78 is 45.1. The summed E-state index contributed by atoms with van der Waals surface area (Å²) in [4.78, 5) is 13.7. The molecule has 0 radical (unpaired) electrons. The van der Waals surface area contributed by atoms with Gasteiger partial charge in [-0.15, -0.1) is 10.2 Å². The molecule has 192 valence electrons. The maximum atomic E-state index is 14.8. The first-order valence-electron chi connectivity index (χ1n) is 12.5. The van der Waals surface area contributed by atoms with E-state index in [-0.39, 0.29) is 23.3 Å². The average molecular weight is 509 g/mol. The highest BCUT2D eigenvalue weighted by atomic mass is 19.1. The van der Waals surface area contributed by atoms with Gasteiger partial charge in [-0.05, 0) is 31.4 Å². The number of nitrogens with zero attached hydrogens (tertiary/aromatic N) is 8. The zero-order valence-corrected chi connectivity index (χ0v) is 20.9. The quantitative estimate of drug-likeness (QED) is 0.370. The van der Waals surface area contributed by atoms with Crippen LogP contribution in [0.3, 0.4) is 0 Å². The summed E-state index contributed by atoms with van der Waals surface area (Å²) in [7, 11) is 0. The van der Waals surface area contributed by atoms with E-state index in [9.17, 15) is 18.4 Å². The summed E-state index contributed by atoms with van der Waals surface area (Å²) in [5.74, 6) is -1.64. The van der Waals surface area contributed by atoms with E-state index in [4.69, 9.17) is 4.98 Å². The van der Waals surface area contributed by atoms with E-state index in [1.165, 1.54) is 0 Å². The van der Waals surface area contributed by atoms with Gasteiger partial charge in [0.1, 0.15) is 41.1 Å². The summed E-state index contributed by atoms with van der Waals surface area (Å²) in [5, 5.41) is 17.6. The Morgan fingerprint density at radius 3 is 2.41 bits per heavy atom. The van der Waals surface area contributed by atoms with Crippen molar-refractivity contribution >= 4 is 22.6 Å². The number of pyridine rings is 1. The van der Waals surface area contributed by atoms with Crippen molar-refractivity contribution in [2.24, 2.45) is 0 Å². The molecule has 11 heteroatoms. The molecule has 0 saturated carbocycles. The molecule has 1 saturated heterocycles. The largest absolute Gasteiger partial charge is 0.349 e. The minimum atomic E-state index is -0.928. The highest BCUT2D eigenvalue weighted by Crippen LogP contribution is 2.37. The first-order valence-corrected chi connectivity index (χ1v) is 12.5. The number of rotatable bonds is 6. The maximum Gasteiger partial charge on any atom is 0.257 e. The Morgan fingerprint density at radius 1 is 1.03 bits per heavy atom. The predicted octanol–water partition coefficient (Wildman–Crippen LogP) is 4.79. The lowest BCUT2D eigenvalue weighted by Gasteiger charge is -2.49. The fraction of sp³-hybridized carbons (Fsp3) is 0.423. The van der Waals surface area contributed by atoms with Gasteiger partial charge in [0.25, 0.3) is 5.78 Å². The smallest absolute Gasteiger partial charge is 0.257 e. The Morgan fingerprint density at radius 2 is 1.76 bits per heavy atom. The minimum absolute atomic E-state index is 0.0583. The van der Waals surface area contributed by atoms with Crippen LogP contribution in [-0.2, 0) is 0 Å². The standard InChI is InChI=1S/C26H27F3N8/c1-4-17-13-36(25-24-22(8-7-16(11-30)32-24)37-14-31-34-26(37)33-25)18(5-2)12-35(17)21(6-3)23-19(28)9-15(27)10-20(23)29/h7-10,14,17-18,21H,4-6,12-13H2,1-3H3/t17-,18+,21?/m1/s1. The van der Waals surface area contributed by atoms with Crippen molar-refractivity contribution in [2.45, 2.75) is 58.2 Å². The van der Waals surface area contributed by atoms with Crippen LogP contribution in [0.15, 0.2) is 30.6 Å². The third kappa shape index (κ3) is 4.25. The van der Waals surface area contributed by atoms with Gasteiger partial charge >= 0.3 is 0 Å². The number of aromatic nitrogens is 5. The number of hydrogen-bond acceptors (Lipinski definition) is 7. The molecule has 37 heavy (non-hydrogen) atoms. The molecule has 3 atom stereocenters. The van der Waals surface area contributed by atoms with Crippen molar-refractivity contribution in [3.05, 3.63) is 59.3 Å². The first-order chi connectivity index (χ1) is 17.9. The zero-order chi connectivity index (χ0) is 26.3. The van der Waals surface area contributed by atoms with Gasteiger partial charge in [0.05, 0.1) is 5.52 Å². The molecular formula is C26H27F3N8. The van der Waals surface area contributed by atoms with Crippen LogP contribution in [0.5, 0.6) is 0 Å². The monoisotopic (exact) mass is 508 g/mol. The summed E-state index contributed by atoms with van der Waals surface area (Å²) in [6.45, 7) is 7.01. The Kier molecular flexibility index (Phi) is 6.69. The number of hydrogen-bond donors (Lipinski definition) is 0. The fourth-order valence-electron chi connectivity index (χ4n) is 5.50. The van der Waals surface area contributed by atoms with E-state index >= 15 is 0 Å². The van der Waals surface area contributed by atoms with E-state index in [1.807, 2.05) is 26.8 Å². The van der Waals surface area contributed by atoms with Gasteiger partial charge in [-0.3, -0.25) is 9.30 Å². The van der Waals surface area contributed by atoms with Crippen LogP contribution in [-0.4, -0.2) is 54.6 Å². The lowest BCUT2D eigenvalue weighted by molar-refractivity contribution is 0.0855. The summed E-state index contributed by atoms with van der Waals surface area (Å²) in [5.41, 5.74) is 1.47. The zero-order valence-electron chi connectivity index (χ0n) is 20.9. The summed E-state index contributed by atoms with van der Waals surface area (Å²) >= 11 is 0. The number of anilines is 1. The molecule has 1 fully saturated rings. The van der Waals surface area contributed by atoms with Crippen molar-refractivity contribution in [1.82, 2.24) is 29.5 Å². The number of fused-ring (bicyclic) bond motifs is 3.